The van der Waals surface area contributed by atoms with E-state index in [9.17, 15) is 33.5 Å². The first kappa shape index (κ1) is 15.7. The third kappa shape index (κ3) is 3.58. The van der Waals surface area contributed by atoms with Crippen molar-refractivity contribution in [2.45, 2.75) is 18.4 Å². The molecule has 0 amide bonds. The molecule has 2 atom stereocenters. The molecular formula is C10H10F3NO4S. The zero-order valence-corrected chi connectivity index (χ0v) is 10.2. The number of rotatable bonds is 4. The molecule has 1 aromatic rings. The van der Waals surface area contributed by atoms with Gasteiger partial charge in [-0.2, -0.15) is 25.8 Å². The summed E-state index contributed by atoms with van der Waals surface area (Å²) in [7, 11) is 0. The Morgan fingerprint density at radius 3 is 2.37 bits per heavy atom. The van der Waals surface area contributed by atoms with Crippen molar-refractivity contribution in [2.75, 3.05) is 5.75 Å². The summed E-state index contributed by atoms with van der Waals surface area (Å²) in [5.74, 6) is -0.291. The van der Waals surface area contributed by atoms with Crippen LogP contribution in [0.25, 0.3) is 0 Å². The second kappa shape index (κ2) is 5.76. The minimum absolute atomic E-state index is 0.291. The van der Waals surface area contributed by atoms with E-state index in [1.54, 1.807) is 0 Å². The molecule has 0 radical (unpaired) electrons. The van der Waals surface area contributed by atoms with Crippen LogP contribution in [0.2, 0.25) is 0 Å². The highest BCUT2D eigenvalue weighted by Gasteiger charge is 2.37. The number of hydrogen-bond acceptors (Lipinski definition) is 5. The van der Waals surface area contributed by atoms with Crippen LogP contribution in [0.5, 0.6) is 0 Å². The fourth-order valence-corrected chi connectivity index (χ4v) is 1.67. The fourth-order valence-electron chi connectivity index (χ4n) is 1.47. The van der Waals surface area contributed by atoms with Gasteiger partial charge in [-0.3, -0.25) is 10.1 Å². The van der Waals surface area contributed by atoms with Crippen molar-refractivity contribution in [3.63, 3.8) is 0 Å². The molecule has 9 heteroatoms. The van der Waals surface area contributed by atoms with E-state index >= 15 is 0 Å². The number of halogens is 3. The van der Waals surface area contributed by atoms with E-state index < -0.39 is 40.1 Å². The average molecular weight is 297 g/mol. The molecule has 0 saturated heterocycles. The molecule has 2 unspecified atom stereocenters. The van der Waals surface area contributed by atoms with Crippen molar-refractivity contribution in [3.8, 4) is 0 Å². The average Bonchev–Trinajstić information content (AvgIpc) is 2.35. The minimum atomic E-state index is -4.79. The summed E-state index contributed by atoms with van der Waals surface area (Å²) in [4.78, 5) is 9.66. The lowest BCUT2D eigenvalue weighted by atomic mass is 9.98. The quantitative estimate of drug-likeness (QED) is 0.450. The van der Waals surface area contributed by atoms with Crippen LogP contribution in [-0.4, -0.2) is 27.0 Å². The maximum Gasteiger partial charge on any atom is 0.416 e. The lowest BCUT2D eigenvalue weighted by Crippen LogP contribution is -2.23. The van der Waals surface area contributed by atoms with E-state index in [-0.39, 0.29) is 5.75 Å². The van der Waals surface area contributed by atoms with E-state index in [0.29, 0.717) is 18.2 Å². The van der Waals surface area contributed by atoms with Gasteiger partial charge in [0, 0.05) is 23.4 Å². The molecule has 0 saturated carbocycles. The summed E-state index contributed by atoms with van der Waals surface area (Å²) >= 11 is 3.65. The number of nitrogens with zero attached hydrogens (tertiary/aromatic N) is 1. The van der Waals surface area contributed by atoms with Crippen LogP contribution in [0.15, 0.2) is 18.2 Å². The molecular weight excluding hydrogens is 287 g/mol. The van der Waals surface area contributed by atoms with Crippen LogP contribution in [0.4, 0.5) is 18.9 Å². The van der Waals surface area contributed by atoms with Gasteiger partial charge in [0.1, 0.15) is 6.10 Å². The summed E-state index contributed by atoms with van der Waals surface area (Å²) in [5.41, 5.74) is -2.58. The Balaban J connectivity index is 3.38. The van der Waals surface area contributed by atoms with Gasteiger partial charge in [-0.05, 0) is 6.07 Å². The van der Waals surface area contributed by atoms with Crippen LogP contribution in [0.3, 0.4) is 0 Å². The highest BCUT2D eigenvalue weighted by molar-refractivity contribution is 7.80. The summed E-state index contributed by atoms with van der Waals surface area (Å²) in [6.07, 6.45) is -8.26. The molecule has 0 aromatic heterocycles. The predicted octanol–water partition coefficient (Wildman–Crippen LogP) is 1.94. The second-order valence-corrected chi connectivity index (χ2v) is 4.09. The third-order valence-corrected chi connectivity index (χ3v) is 2.80. The first-order valence-corrected chi connectivity index (χ1v) is 5.64. The van der Waals surface area contributed by atoms with Crippen LogP contribution in [0.1, 0.15) is 17.2 Å². The fraction of sp³-hybridized carbons (Fsp3) is 0.400. The number of non-ortho nitro benzene ring substituents is 1. The first-order valence-electron chi connectivity index (χ1n) is 5.01. The number of hydrogen-bond donors (Lipinski definition) is 3. The van der Waals surface area contributed by atoms with Gasteiger partial charge in [-0.1, -0.05) is 0 Å². The topological polar surface area (TPSA) is 83.6 Å². The van der Waals surface area contributed by atoms with Crippen molar-refractivity contribution in [3.05, 3.63) is 39.4 Å². The molecule has 0 spiro atoms. The van der Waals surface area contributed by atoms with Crippen LogP contribution in [-0.2, 0) is 6.18 Å². The predicted molar refractivity (Wildman–Crippen MR) is 62.9 cm³/mol. The largest absolute Gasteiger partial charge is 0.416 e. The molecule has 0 aliphatic rings. The molecule has 0 bridgehead atoms. The van der Waals surface area contributed by atoms with Gasteiger partial charge in [0.15, 0.2) is 0 Å². The molecule has 0 heterocycles. The maximum absolute atomic E-state index is 12.7. The van der Waals surface area contributed by atoms with E-state index in [1.807, 2.05) is 0 Å². The normalized spacial score (nSPS) is 15.1. The molecule has 0 aliphatic carbocycles. The second-order valence-electron chi connectivity index (χ2n) is 3.72. The van der Waals surface area contributed by atoms with Crippen LogP contribution >= 0.6 is 12.6 Å². The molecule has 5 nitrogen and oxygen atoms in total. The van der Waals surface area contributed by atoms with Gasteiger partial charge in [0.25, 0.3) is 5.69 Å². The summed E-state index contributed by atoms with van der Waals surface area (Å²) < 4.78 is 38.2. The van der Waals surface area contributed by atoms with Crippen molar-refractivity contribution in [1.82, 2.24) is 0 Å². The standard InChI is InChI=1S/C10H10F3NO4S/c11-10(12,13)7-2-1-5(14(17)18)3-6(7)9(16)8(15)4-19/h1-3,8-9,15-16,19H,4H2. The number of aliphatic hydroxyl groups excluding tert-OH is 2. The van der Waals surface area contributed by atoms with Crippen molar-refractivity contribution < 1.29 is 28.3 Å². The highest BCUT2D eigenvalue weighted by atomic mass is 32.1. The first-order chi connectivity index (χ1) is 8.68. The number of nitro groups is 1. The van der Waals surface area contributed by atoms with Crippen molar-refractivity contribution >= 4 is 18.3 Å². The van der Waals surface area contributed by atoms with Crippen molar-refractivity contribution in [1.29, 1.82) is 0 Å². The zero-order valence-electron chi connectivity index (χ0n) is 9.33. The molecule has 0 fully saturated rings. The minimum Gasteiger partial charge on any atom is -0.389 e. The Kier molecular flexibility index (Phi) is 4.77. The molecule has 19 heavy (non-hydrogen) atoms. The number of alkyl halides is 3. The van der Waals surface area contributed by atoms with Gasteiger partial charge < -0.3 is 10.2 Å². The molecule has 2 N–H and O–H groups in total. The van der Waals surface area contributed by atoms with Gasteiger partial charge in [0.05, 0.1) is 16.6 Å². The van der Waals surface area contributed by atoms with Crippen molar-refractivity contribution in [2.24, 2.45) is 0 Å². The van der Waals surface area contributed by atoms with Crippen LogP contribution in [0, 0.1) is 10.1 Å². The number of aliphatic hydroxyl groups is 2. The number of benzene rings is 1. The monoisotopic (exact) mass is 297 g/mol. The molecule has 106 valence electrons. The van der Waals surface area contributed by atoms with Gasteiger partial charge >= 0.3 is 6.18 Å². The number of thiol groups is 1. The van der Waals surface area contributed by atoms with E-state index in [0.717, 1.165) is 0 Å². The van der Waals surface area contributed by atoms with Gasteiger partial charge in [0.2, 0.25) is 0 Å². The Bertz CT molecular complexity index is 480. The SMILES string of the molecule is O=[N+]([O-])c1ccc(C(F)(F)F)c(C(O)C(O)CS)c1. The molecule has 0 aliphatic heterocycles. The third-order valence-electron chi connectivity index (χ3n) is 2.42. The molecule has 1 rings (SSSR count). The summed E-state index contributed by atoms with van der Waals surface area (Å²) in [6, 6.07) is 1.79. The zero-order chi connectivity index (χ0) is 14.8. The Hall–Kier alpha value is -1.32. The van der Waals surface area contributed by atoms with Gasteiger partial charge in [-0.15, -0.1) is 0 Å². The smallest absolute Gasteiger partial charge is 0.389 e. The van der Waals surface area contributed by atoms with Gasteiger partial charge in [-0.25, -0.2) is 0 Å². The summed E-state index contributed by atoms with van der Waals surface area (Å²) in [5, 5.41) is 29.5. The lowest BCUT2D eigenvalue weighted by Gasteiger charge is -2.20. The molecule has 1 aromatic carbocycles. The van der Waals surface area contributed by atoms with E-state index in [4.69, 9.17) is 0 Å². The van der Waals surface area contributed by atoms with Crippen LogP contribution < -0.4 is 0 Å². The number of nitro benzene ring substituents is 1. The Morgan fingerprint density at radius 1 is 1.37 bits per heavy atom. The lowest BCUT2D eigenvalue weighted by molar-refractivity contribution is -0.385. The van der Waals surface area contributed by atoms with E-state index in [1.165, 1.54) is 0 Å². The Morgan fingerprint density at radius 2 is 1.95 bits per heavy atom. The summed E-state index contributed by atoms with van der Waals surface area (Å²) in [6.45, 7) is 0. The van der Waals surface area contributed by atoms with E-state index in [2.05, 4.69) is 12.6 Å². The Labute approximate surface area is 111 Å². The maximum atomic E-state index is 12.7. The highest BCUT2D eigenvalue weighted by Crippen LogP contribution is 2.37.